The van der Waals surface area contributed by atoms with E-state index in [4.69, 9.17) is 18.5 Å². The van der Waals surface area contributed by atoms with Crippen LogP contribution in [-0.4, -0.2) is 28.6 Å². The molecule has 0 radical (unpaired) electrons. The topological polar surface area (TPSA) is 51.5 Å². The van der Waals surface area contributed by atoms with Crippen molar-refractivity contribution < 1.29 is 13.3 Å². The summed E-state index contributed by atoms with van der Waals surface area (Å²) < 4.78 is 17.2. The van der Waals surface area contributed by atoms with E-state index in [-0.39, 0.29) is 5.41 Å². The van der Waals surface area contributed by atoms with E-state index < -0.39 is 8.80 Å². The number of nitriles is 1. The quantitative estimate of drug-likeness (QED) is 0.597. The van der Waals surface area contributed by atoms with Gasteiger partial charge in [0, 0.05) is 25.9 Å². The minimum atomic E-state index is -2.57. The molecule has 0 atom stereocenters. The molecular weight excluding hydrogens is 234 g/mol. The van der Waals surface area contributed by atoms with E-state index in [1.807, 2.05) is 34.6 Å². The van der Waals surface area contributed by atoms with Gasteiger partial charge in [0.2, 0.25) is 0 Å². The first-order valence-electron chi connectivity index (χ1n) is 6.28. The molecule has 0 fully saturated rings. The van der Waals surface area contributed by atoms with E-state index in [1.54, 1.807) is 0 Å². The molecule has 0 aliphatic heterocycles. The first-order chi connectivity index (χ1) is 7.95. The van der Waals surface area contributed by atoms with E-state index in [1.165, 1.54) is 0 Å². The van der Waals surface area contributed by atoms with E-state index in [9.17, 15) is 0 Å². The van der Waals surface area contributed by atoms with Crippen molar-refractivity contribution in [3.8, 4) is 6.07 Å². The van der Waals surface area contributed by atoms with Crippen molar-refractivity contribution in [1.29, 1.82) is 5.26 Å². The van der Waals surface area contributed by atoms with Crippen LogP contribution < -0.4 is 0 Å². The summed E-state index contributed by atoms with van der Waals surface area (Å²) in [5.41, 5.74) is -0.358. The van der Waals surface area contributed by atoms with Gasteiger partial charge in [-0.1, -0.05) is 0 Å². The Morgan fingerprint density at radius 1 is 1.00 bits per heavy atom. The number of hydrogen-bond donors (Lipinski definition) is 0. The highest BCUT2D eigenvalue weighted by Crippen LogP contribution is 2.27. The van der Waals surface area contributed by atoms with Crippen molar-refractivity contribution in [3.63, 3.8) is 0 Å². The summed E-state index contributed by atoms with van der Waals surface area (Å²) in [6.45, 7) is 11.4. The zero-order valence-corrected chi connectivity index (χ0v) is 12.7. The third-order valence-corrected chi connectivity index (χ3v) is 5.50. The minimum absolute atomic E-state index is 0.358. The Hall–Kier alpha value is -0.413. The molecule has 5 heteroatoms. The van der Waals surface area contributed by atoms with Gasteiger partial charge in [-0.3, -0.25) is 0 Å². The van der Waals surface area contributed by atoms with Gasteiger partial charge in [0.15, 0.2) is 0 Å². The Bertz CT molecular complexity index is 234. The molecule has 17 heavy (non-hydrogen) atoms. The molecule has 0 bridgehead atoms. The zero-order valence-electron chi connectivity index (χ0n) is 11.7. The lowest BCUT2D eigenvalue weighted by Crippen LogP contribution is -2.46. The van der Waals surface area contributed by atoms with E-state index in [0.717, 1.165) is 6.42 Å². The summed E-state index contributed by atoms with van der Waals surface area (Å²) in [6, 6.07) is 2.99. The molecule has 0 amide bonds. The van der Waals surface area contributed by atoms with E-state index >= 15 is 0 Å². The van der Waals surface area contributed by atoms with Crippen LogP contribution in [0.15, 0.2) is 0 Å². The Kier molecular flexibility index (Phi) is 7.64. The van der Waals surface area contributed by atoms with Crippen molar-refractivity contribution in [3.05, 3.63) is 0 Å². The van der Waals surface area contributed by atoms with Crippen molar-refractivity contribution in [2.45, 2.75) is 47.1 Å². The maximum atomic E-state index is 9.02. The largest absolute Gasteiger partial charge is 0.500 e. The Morgan fingerprint density at radius 2 is 1.41 bits per heavy atom. The fraction of sp³-hybridized carbons (Fsp3) is 0.917. The molecule has 4 nitrogen and oxygen atoms in total. The van der Waals surface area contributed by atoms with Crippen molar-refractivity contribution in [1.82, 2.24) is 0 Å². The maximum Gasteiger partial charge on any atom is 0.500 e. The van der Waals surface area contributed by atoms with E-state index in [2.05, 4.69) is 6.07 Å². The van der Waals surface area contributed by atoms with Crippen molar-refractivity contribution in [2.24, 2.45) is 5.41 Å². The summed E-state index contributed by atoms with van der Waals surface area (Å²) in [6.07, 6.45) is 0.732. The molecule has 0 rings (SSSR count). The van der Waals surface area contributed by atoms with Gasteiger partial charge < -0.3 is 13.3 Å². The highest BCUT2D eigenvalue weighted by Gasteiger charge is 2.41. The van der Waals surface area contributed by atoms with Crippen LogP contribution in [0, 0.1) is 16.7 Å². The van der Waals surface area contributed by atoms with Gasteiger partial charge in [0.1, 0.15) is 0 Å². The molecule has 0 unspecified atom stereocenters. The third kappa shape index (κ3) is 6.17. The third-order valence-electron chi connectivity index (χ3n) is 2.45. The first kappa shape index (κ1) is 16.6. The maximum absolute atomic E-state index is 9.02. The highest BCUT2D eigenvalue weighted by molar-refractivity contribution is 6.60. The predicted molar refractivity (Wildman–Crippen MR) is 69.5 cm³/mol. The van der Waals surface area contributed by atoms with Gasteiger partial charge in [0.25, 0.3) is 0 Å². The zero-order chi connectivity index (χ0) is 13.4. The summed E-state index contributed by atoms with van der Waals surface area (Å²) in [5.74, 6) is 0. The molecule has 0 aromatic carbocycles. The van der Waals surface area contributed by atoms with Gasteiger partial charge in [-0.25, -0.2) is 0 Å². The molecule has 0 heterocycles. The lowest BCUT2D eigenvalue weighted by Gasteiger charge is -2.30. The molecule has 0 N–H and O–H groups in total. The molecule has 0 aliphatic rings. The fourth-order valence-electron chi connectivity index (χ4n) is 1.52. The average Bonchev–Trinajstić information content (AvgIpc) is 2.28. The fourth-order valence-corrected chi connectivity index (χ4v) is 4.46. The molecular formula is C12H25NO3Si. The molecule has 0 aliphatic carbocycles. The van der Waals surface area contributed by atoms with Crippen LogP contribution in [0.1, 0.15) is 41.0 Å². The lowest BCUT2D eigenvalue weighted by molar-refractivity contribution is 0.0690. The number of rotatable bonds is 9. The molecule has 0 saturated heterocycles. The van der Waals surface area contributed by atoms with Crippen molar-refractivity contribution >= 4 is 8.80 Å². The van der Waals surface area contributed by atoms with Gasteiger partial charge >= 0.3 is 8.80 Å². The van der Waals surface area contributed by atoms with Crippen LogP contribution in [0.5, 0.6) is 0 Å². The highest BCUT2D eigenvalue weighted by atomic mass is 28.4. The summed E-state index contributed by atoms with van der Waals surface area (Å²) >= 11 is 0. The first-order valence-corrected chi connectivity index (χ1v) is 8.21. The monoisotopic (exact) mass is 259 g/mol. The van der Waals surface area contributed by atoms with Gasteiger partial charge in [-0.05, 0) is 41.0 Å². The van der Waals surface area contributed by atoms with Crippen LogP contribution in [0.3, 0.4) is 0 Å². The predicted octanol–water partition coefficient (Wildman–Crippen LogP) is 2.97. The Balaban J connectivity index is 4.60. The number of hydrogen-bond acceptors (Lipinski definition) is 4. The Labute approximate surface area is 106 Å². The lowest BCUT2D eigenvalue weighted by atomic mass is 9.93. The van der Waals surface area contributed by atoms with Crippen LogP contribution in [0.25, 0.3) is 0 Å². The second kappa shape index (κ2) is 7.83. The van der Waals surface area contributed by atoms with Crippen LogP contribution in [-0.2, 0) is 13.3 Å². The van der Waals surface area contributed by atoms with Crippen LogP contribution in [0.2, 0.25) is 6.04 Å². The van der Waals surface area contributed by atoms with Crippen LogP contribution in [0.4, 0.5) is 0 Å². The summed E-state index contributed by atoms with van der Waals surface area (Å²) in [4.78, 5) is 0. The molecule has 0 saturated carbocycles. The molecule has 100 valence electrons. The second-order valence-corrected chi connectivity index (χ2v) is 7.21. The summed E-state index contributed by atoms with van der Waals surface area (Å²) in [5, 5.41) is 9.02. The number of nitrogens with zero attached hydrogens (tertiary/aromatic N) is 1. The van der Waals surface area contributed by atoms with E-state index in [0.29, 0.717) is 25.9 Å². The molecule has 0 aromatic heterocycles. The smallest absolute Gasteiger partial charge is 0.374 e. The normalized spacial score (nSPS) is 12.5. The minimum Gasteiger partial charge on any atom is -0.374 e. The summed E-state index contributed by atoms with van der Waals surface area (Å²) in [7, 11) is -2.57. The second-order valence-electron chi connectivity index (χ2n) is 4.48. The molecule has 0 spiro atoms. The molecule has 0 aromatic rings. The SMILES string of the molecule is CCO[Si](CCC(C)(C)C#N)(OCC)OCC. The van der Waals surface area contributed by atoms with Gasteiger partial charge in [-0.2, -0.15) is 5.26 Å². The van der Waals surface area contributed by atoms with Gasteiger partial charge in [-0.15, -0.1) is 0 Å². The average molecular weight is 259 g/mol. The van der Waals surface area contributed by atoms with Crippen molar-refractivity contribution in [2.75, 3.05) is 19.8 Å². The van der Waals surface area contributed by atoms with Crippen LogP contribution >= 0.6 is 0 Å². The standard InChI is InChI=1S/C12H25NO3Si/c1-6-14-17(15-7-2,16-8-3)10-9-12(4,5)11-13/h6-10H2,1-5H3. The van der Waals surface area contributed by atoms with Gasteiger partial charge in [0.05, 0.1) is 11.5 Å². The Morgan fingerprint density at radius 3 is 1.71 bits per heavy atom.